The number of carbonyl (C=O) groups is 1. The van der Waals surface area contributed by atoms with Crippen LogP contribution in [-0.2, 0) is 11.2 Å². The van der Waals surface area contributed by atoms with Crippen LogP contribution in [0.15, 0.2) is 54.6 Å². The molecule has 0 heterocycles. The number of hydrogen-bond acceptors (Lipinski definition) is 2. The molecule has 1 atom stereocenters. The summed E-state index contributed by atoms with van der Waals surface area (Å²) in [5.41, 5.74) is 2.30. The molecule has 1 unspecified atom stereocenters. The lowest BCUT2D eigenvalue weighted by atomic mass is 10.0. The molecule has 1 amide bonds. The van der Waals surface area contributed by atoms with Crippen molar-refractivity contribution in [3.63, 3.8) is 0 Å². The molecule has 0 fully saturated rings. The van der Waals surface area contributed by atoms with E-state index in [-0.39, 0.29) is 11.9 Å². The standard InChI is InChI=1S/C19H23NO2/c1-3-18(16-10-12-17(22-2)13-11-16)20-19(21)14-9-15-7-5-4-6-8-15/h4-8,10-13,18H,3,9,14H2,1-2H3,(H,20,21). The predicted molar refractivity (Wildman–Crippen MR) is 88.9 cm³/mol. The maximum absolute atomic E-state index is 12.1. The van der Waals surface area contributed by atoms with Crippen molar-refractivity contribution in [2.45, 2.75) is 32.2 Å². The van der Waals surface area contributed by atoms with Crippen LogP contribution in [0.5, 0.6) is 5.75 Å². The van der Waals surface area contributed by atoms with Crippen LogP contribution >= 0.6 is 0 Å². The summed E-state index contributed by atoms with van der Waals surface area (Å²) in [4.78, 5) is 12.1. The van der Waals surface area contributed by atoms with Crippen molar-refractivity contribution < 1.29 is 9.53 Å². The van der Waals surface area contributed by atoms with E-state index >= 15 is 0 Å². The maximum Gasteiger partial charge on any atom is 0.220 e. The fraction of sp³-hybridized carbons (Fsp3) is 0.316. The lowest BCUT2D eigenvalue weighted by molar-refractivity contribution is -0.121. The van der Waals surface area contributed by atoms with Gasteiger partial charge in [0.15, 0.2) is 0 Å². The molecule has 2 aromatic rings. The molecule has 3 nitrogen and oxygen atoms in total. The van der Waals surface area contributed by atoms with Crippen molar-refractivity contribution >= 4 is 5.91 Å². The quantitative estimate of drug-likeness (QED) is 0.842. The first-order valence-electron chi connectivity index (χ1n) is 7.70. The molecule has 2 rings (SSSR count). The number of aryl methyl sites for hydroxylation is 1. The van der Waals surface area contributed by atoms with Crippen molar-refractivity contribution in [1.29, 1.82) is 0 Å². The second-order valence-electron chi connectivity index (χ2n) is 5.29. The van der Waals surface area contributed by atoms with Crippen LogP contribution in [0.25, 0.3) is 0 Å². The SMILES string of the molecule is CCC(NC(=O)CCc1ccccc1)c1ccc(OC)cc1. The molecule has 0 radical (unpaired) electrons. The number of ether oxygens (including phenoxy) is 1. The molecule has 0 bridgehead atoms. The fourth-order valence-electron chi connectivity index (χ4n) is 2.43. The Hall–Kier alpha value is -2.29. The Morgan fingerprint density at radius 1 is 1.09 bits per heavy atom. The number of amides is 1. The van der Waals surface area contributed by atoms with E-state index in [1.807, 2.05) is 54.6 Å². The van der Waals surface area contributed by atoms with Gasteiger partial charge in [-0.2, -0.15) is 0 Å². The molecule has 116 valence electrons. The van der Waals surface area contributed by atoms with E-state index in [0.717, 1.165) is 24.2 Å². The zero-order valence-electron chi connectivity index (χ0n) is 13.2. The molecule has 3 heteroatoms. The van der Waals surface area contributed by atoms with Gasteiger partial charge in [0, 0.05) is 6.42 Å². The highest BCUT2D eigenvalue weighted by atomic mass is 16.5. The summed E-state index contributed by atoms with van der Waals surface area (Å²) < 4.78 is 5.16. The molecule has 0 aromatic heterocycles. The Labute approximate surface area is 132 Å². The van der Waals surface area contributed by atoms with Gasteiger partial charge in [-0.1, -0.05) is 49.4 Å². The number of carbonyl (C=O) groups excluding carboxylic acids is 1. The summed E-state index contributed by atoms with van der Waals surface area (Å²) in [6.07, 6.45) is 2.14. The lowest BCUT2D eigenvalue weighted by Gasteiger charge is -2.18. The van der Waals surface area contributed by atoms with Crippen molar-refractivity contribution in [1.82, 2.24) is 5.32 Å². The molecule has 2 aromatic carbocycles. The van der Waals surface area contributed by atoms with Gasteiger partial charge in [-0.15, -0.1) is 0 Å². The van der Waals surface area contributed by atoms with Crippen LogP contribution in [0.1, 0.15) is 36.9 Å². The number of hydrogen-bond donors (Lipinski definition) is 1. The van der Waals surface area contributed by atoms with Crippen LogP contribution in [-0.4, -0.2) is 13.0 Å². The monoisotopic (exact) mass is 297 g/mol. The Bertz CT molecular complexity index is 578. The van der Waals surface area contributed by atoms with E-state index < -0.39 is 0 Å². The van der Waals surface area contributed by atoms with Crippen molar-refractivity contribution in [3.05, 3.63) is 65.7 Å². The Kier molecular flexibility index (Phi) is 6.01. The summed E-state index contributed by atoms with van der Waals surface area (Å²) >= 11 is 0. The summed E-state index contributed by atoms with van der Waals surface area (Å²) in [5, 5.41) is 3.11. The number of benzene rings is 2. The Balaban J connectivity index is 1.90. The molecule has 0 saturated heterocycles. The molecule has 0 saturated carbocycles. The Morgan fingerprint density at radius 2 is 1.77 bits per heavy atom. The van der Waals surface area contributed by atoms with E-state index in [1.165, 1.54) is 5.56 Å². The largest absolute Gasteiger partial charge is 0.497 e. The second-order valence-corrected chi connectivity index (χ2v) is 5.29. The third kappa shape index (κ3) is 4.62. The molecule has 0 spiro atoms. The molecule has 1 N–H and O–H groups in total. The van der Waals surface area contributed by atoms with Crippen molar-refractivity contribution in [2.24, 2.45) is 0 Å². The lowest BCUT2D eigenvalue weighted by Crippen LogP contribution is -2.28. The van der Waals surface area contributed by atoms with E-state index in [1.54, 1.807) is 7.11 Å². The summed E-state index contributed by atoms with van der Waals surface area (Å²) in [6.45, 7) is 2.08. The van der Waals surface area contributed by atoms with E-state index in [0.29, 0.717) is 6.42 Å². The van der Waals surface area contributed by atoms with Gasteiger partial charge in [0.05, 0.1) is 13.2 Å². The zero-order chi connectivity index (χ0) is 15.8. The molecule has 0 aliphatic rings. The summed E-state index contributed by atoms with van der Waals surface area (Å²) in [7, 11) is 1.65. The van der Waals surface area contributed by atoms with Gasteiger partial charge in [0.1, 0.15) is 5.75 Å². The van der Waals surface area contributed by atoms with Crippen LogP contribution in [0, 0.1) is 0 Å². The summed E-state index contributed by atoms with van der Waals surface area (Å²) in [6, 6.07) is 18.0. The van der Waals surface area contributed by atoms with Crippen molar-refractivity contribution in [2.75, 3.05) is 7.11 Å². The average molecular weight is 297 g/mol. The first-order valence-corrected chi connectivity index (χ1v) is 7.70. The van der Waals surface area contributed by atoms with E-state index in [4.69, 9.17) is 4.74 Å². The van der Waals surface area contributed by atoms with Gasteiger partial charge in [0.2, 0.25) is 5.91 Å². The van der Waals surface area contributed by atoms with E-state index in [9.17, 15) is 4.79 Å². The number of nitrogens with one attached hydrogen (secondary N) is 1. The van der Waals surface area contributed by atoms with Crippen LogP contribution in [0.3, 0.4) is 0 Å². The minimum absolute atomic E-state index is 0.0502. The highest BCUT2D eigenvalue weighted by molar-refractivity contribution is 5.76. The van der Waals surface area contributed by atoms with E-state index in [2.05, 4.69) is 12.2 Å². The highest BCUT2D eigenvalue weighted by Crippen LogP contribution is 2.20. The average Bonchev–Trinajstić information content (AvgIpc) is 2.59. The molecule has 0 aliphatic heterocycles. The number of methoxy groups -OCH3 is 1. The van der Waals surface area contributed by atoms with Crippen LogP contribution in [0.4, 0.5) is 0 Å². The van der Waals surface area contributed by atoms with Gasteiger partial charge in [-0.25, -0.2) is 0 Å². The van der Waals surface area contributed by atoms with Crippen LogP contribution in [0.2, 0.25) is 0 Å². The first-order chi connectivity index (χ1) is 10.7. The second kappa shape index (κ2) is 8.23. The summed E-state index contributed by atoms with van der Waals surface area (Å²) in [5.74, 6) is 0.917. The van der Waals surface area contributed by atoms with Gasteiger partial charge in [0.25, 0.3) is 0 Å². The number of rotatable bonds is 7. The van der Waals surface area contributed by atoms with Crippen molar-refractivity contribution in [3.8, 4) is 5.75 Å². The predicted octanol–water partition coefficient (Wildman–Crippen LogP) is 3.90. The van der Waals surface area contributed by atoms with Gasteiger partial charge in [-0.05, 0) is 36.1 Å². The smallest absolute Gasteiger partial charge is 0.220 e. The van der Waals surface area contributed by atoms with Gasteiger partial charge < -0.3 is 10.1 Å². The third-order valence-corrected chi connectivity index (χ3v) is 3.75. The highest BCUT2D eigenvalue weighted by Gasteiger charge is 2.12. The normalized spacial score (nSPS) is 11.7. The maximum atomic E-state index is 12.1. The molecule has 0 aliphatic carbocycles. The van der Waals surface area contributed by atoms with Gasteiger partial charge in [-0.3, -0.25) is 4.79 Å². The molecular weight excluding hydrogens is 274 g/mol. The first kappa shape index (κ1) is 16.1. The topological polar surface area (TPSA) is 38.3 Å². The Morgan fingerprint density at radius 3 is 2.36 bits per heavy atom. The fourth-order valence-corrected chi connectivity index (χ4v) is 2.43. The van der Waals surface area contributed by atoms with Gasteiger partial charge >= 0.3 is 0 Å². The third-order valence-electron chi connectivity index (χ3n) is 3.75. The molecule has 22 heavy (non-hydrogen) atoms. The molecular formula is C19H23NO2. The zero-order valence-corrected chi connectivity index (χ0v) is 13.2. The van der Waals surface area contributed by atoms with Crippen LogP contribution < -0.4 is 10.1 Å². The minimum Gasteiger partial charge on any atom is -0.497 e. The minimum atomic E-state index is 0.0502.